The topological polar surface area (TPSA) is 46.5 Å². The van der Waals surface area contributed by atoms with Crippen molar-refractivity contribution in [1.82, 2.24) is 9.91 Å². The van der Waals surface area contributed by atoms with E-state index >= 15 is 0 Å². The van der Waals surface area contributed by atoms with Gasteiger partial charge >= 0.3 is 0 Å². The van der Waals surface area contributed by atoms with Crippen LogP contribution in [0, 0.1) is 6.92 Å². The summed E-state index contributed by atoms with van der Waals surface area (Å²) < 4.78 is 16.2. The van der Waals surface area contributed by atoms with Gasteiger partial charge in [0.15, 0.2) is 11.5 Å². The first kappa shape index (κ1) is 20.0. The Morgan fingerprint density at radius 3 is 2.04 bits per heavy atom. The normalized spacial score (nSPS) is 15.1. The van der Waals surface area contributed by atoms with Crippen LogP contribution in [-0.4, -0.2) is 63.6 Å². The summed E-state index contributed by atoms with van der Waals surface area (Å²) in [6, 6.07) is 12.6. The molecule has 1 heterocycles. The Balaban J connectivity index is 1.58. The number of benzene rings is 2. The van der Waals surface area contributed by atoms with Crippen LogP contribution in [0.1, 0.15) is 16.7 Å². The zero-order chi connectivity index (χ0) is 19.9. The fourth-order valence-corrected chi connectivity index (χ4v) is 3.29. The minimum atomic E-state index is 0.590. The number of aryl methyl sites for hydroxylation is 1. The van der Waals surface area contributed by atoms with Gasteiger partial charge in [-0.2, -0.15) is 5.10 Å². The Kier molecular flexibility index (Phi) is 6.76. The summed E-state index contributed by atoms with van der Waals surface area (Å²) >= 11 is 0. The zero-order valence-electron chi connectivity index (χ0n) is 17.1. The first-order chi connectivity index (χ1) is 13.6. The van der Waals surface area contributed by atoms with Crippen molar-refractivity contribution in [3.05, 3.63) is 53.1 Å². The van der Waals surface area contributed by atoms with Gasteiger partial charge in [0.05, 0.1) is 27.5 Å². The standard InChI is InChI=1S/C22H29N3O3/c1-17-5-7-18(8-6-17)16-24-9-11-25(12-10-24)23-15-19-13-20(26-2)22(28-4)21(14-19)27-3/h5-8,13-15H,9-12,16H2,1-4H3. The highest BCUT2D eigenvalue weighted by atomic mass is 16.5. The molecule has 150 valence electrons. The lowest BCUT2D eigenvalue weighted by atomic mass is 10.1. The maximum Gasteiger partial charge on any atom is 0.203 e. The molecular weight excluding hydrogens is 354 g/mol. The molecule has 1 saturated heterocycles. The van der Waals surface area contributed by atoms with Crippen LogP contribution >= 0.6 is 0 Å². The van der Waals surface area contributed by atoms with Crippen molar-refractivity contribution in [3.63, 3.8) is 0 Å². The molecular formula is C22H29N3O3. The van der Waals surface area contributed by atoms with Gasteiger partial charge in [0.1, 0.15) is 0 Å². The molecule has 0 atom stereocenters. The van der Waals surface area contributed by atoms with Gasteiger partial charge in [0.25, 0.3) is 0 Å². The number of methoxy groups -OCH3 is 3. The van der Waals surface area contributed by atoms with Crippen LogP contribution in [0.15, 0.2) is 41.5 Å². The lowest BCUT2D eigenvalue weighted by Crippen LogP contribution is -2.43. The summed E-state index contributed by atoms with van der Waals surface area (Å²) in [5, 5.41) is 6.75. The SMILES string of the molecule is COc1cc(C=NN2CCN(Cc3ccc(C)cc3)CC2)cc(OC)c1OC. The smallest absolute Gasteiger partial charge is 0.203 e. The highest BCUT2D eigenvalue weighted by Gasteiger charge is 2.16. The first-order valence-corrected chi connectivity index (χ1v) is 9.49. The minimum absolute atomic E-state index is 0.590. The molecule has 0 bridgehead atoms. The highest BCUT2D eigenvalue weighted by molar-refractivity contribution is 5.82. The lowest BCUT2D eigenvalue weighted by molar-refractivity contribution is 0.131. The van der Waals surface area contributed by atoms with Crippen molar-refractivity contribution in [2.24, 2.45) is 5.10 Å². The molecule has 0 saturated carbocycles. The molecule has 0 unspecified atom stereocenters. The van der Waals surface area contributed by atoms with Gasteiger partial charge in [-0.1, -0.05) is 29.8 Å². The molecule has 1 aliphatic rings. The molecule has 0 N–H and O–H groups in total. The van der Waals surface area contributed by atoms with Crippen molar-refractivity contribution in [1.29, 1.82) is 0 Å². The van der Waals surface area contributed by atoms with E-state index in [1.54, 1.807) is 21.3 Å². The molecule has 0 aromatic heterocycles. The molecule has 0 radical (unpaired) electrons. The van der Waals surface area contributed by atoms with Gasteiger partial charge in [-0.15, -0.1) is 0 Å². The third-order valence-electron chi connectivity index (χ3n) is 4.93. The van der Waals surface area contributed by atoms with Crippen LogP contribution in [0.25, 0.3) is 0 Å². The molecule has 3 rings (SSSR count). The average molecular weight is 383 g/mol. The van der Waals surface area contributed by atoms with E-state index in [1.807, 2.05) is 18.3 Å². The Labute approximate surface area is 167 Å². The number of hydrogen-bond donors (Lipinski definition) is 0. The van der Waals surface area contributed by atoms with E-state index in [0.717, 1.165) is 38.3 Å². The number of hydrazone groups is 1. The molecule has 2 aromatic carbocycles. The van der Waals surface area contributed by atoms with Crippen LogP contribution < -0.4 is 14.2 Å². The van der Waals surface area contributed by atoms with Crippen molar-refractivity contribution < 1.29 is 14.2 Å². The number of piperazine rings is 1. The molecule has 28 heavy (non-hydrogen) atoms. The van der Waals surface area contributed by atoms with Crippen LogP contribution in [0.2, 0.25) is 0 Å². The summed E-state index contributed by atoms with van der Waals surface area (Å²) in [7, 11) is 4.83. The van der Waals surface area contributed by atoms with Crippen molar-refractivity contribution in [2.75, 3.05) is 47.5 Å². The molecule has 0 amide bonds. The van der Waals surface area contributed by atoms with Crippen LogP contribution in [-0.2, 0) is 6.54 Å². The van der Waals surface area contributed by atoms with Gasteiger partial charge in [0, 0.05) is 38.3 Å². The third-order valence-corrected chi connectivity index (χ3v) is 4.93. The number of nitrogens with zero attached hydrogens (tertiary/aromatic N) is 3. The number of hydrogen-bond acceptors (Lipinski definition) is 6. The van der Waals surface area contributed by atoms with Crippen LogP contribution in [0.5, 0.6) is 17.2 Å². The largest absolute Gasteiger partial charge is 0.493 e. The predicted molar refractivity (Wildman–Crippen MR) is 112 cm³/mol. The second-order valence-electron chi connectivity index (χ2n) is 6.92. The van der Waals surface area contributed by atoms with Crippen LogP contribution in [0.3, 0.4) is 0 Å². The first-order valence-electron chi connectivity index (χ1n) is 9.49. The Morgan fingerprint density at radius 2 is 1.50 bits per heavy atom. The lowest BCUT2D eigenvalue weighted by Gasteiger charge is -2.33. The molecule has 2 aromatic rings. The zero-order valence-corrected chi connectivity index (χ0v) is 17.1. The van der Waals surface area contributed by atoms with E-state index in [1.165, 1.54) is 11.1 Å². The number of ether oxygens (including phenoxy) is 3. The maximum atomic E-state index is 5.40. The summed E-state index contributed by atoms with van der Waals surface area (Å²) in [5.41, 5.74) is 3.58. The molecule has 1 aliphatic heterocycles. The molecule has 6 nitrogen and oxygen atoms in total. The summed E-state index contributed by atoms with van der Waals surface area (Å²) in [6.07, 6.45) is 1.85. The van der Waals surface area contributed by atoms with Crippen molar-refractivity contribution in [2.45, 2.75) is 13.5 Å². The van der Waals surface area contributed by atoms with E-state index in [4.69, 9.17) is 14.2 Å². The Bertz CT molecular complexity index is 772. The predicted octanol–water partition coefficient (Wildman–Crippen LogP) is 3.17. The highest BCUT2D eigenvalue weighted by Crippen LogP contribution is 2.37. The third kappa shape index (κ3) is 4.95. The maximum absolute atomic E-state index is 5.40. The van der Waals surface area contributed by atoms with Gasteiger partial charge in [0.2, 0.25) is 5.75 Å². The Morgan fingerprint density at radius 1 is 0.893 bits per heavy atom. The monoisotopic (exact) mass is 383 g/mol. The van der Waals surface area contributed by atoms with E-state index < -0.39 is 0 Å². The molecule has 6 heteroatoms. The number of rotatable bonds is 7. The van der Waals surface area contributed by atoms with Crippen LogP contribution in [0.4, 0.5) is 0 Å². The van der Waals surface area contributed by atoms with Gasteiger partial charge in [-0.3, -0.25) is 9.91 Å². The van der Waals surface area contributed by atoms with Gasteiger partial charge in [-0.25, -0.2) is 0 Å². The summed E-state index contributed by atoms with van der Waals surface area (Å²) in [4.78, 5) is 2.47. The minimum Gasteiger partial charge on any atom is -0.493 e. The van der Waals surface area contributed by atoms with E-state index in [-0.39, 0.29) is 0 Å². The Hall–Kier alpha value is -2.73. The van der Waals surface area contributed by atoms with Gasteiger partial charge < -0.3 is 14.2 Å². The van der Waals surface area contributed by atoms with Crippen molar-refractivity contribution in [3.8, 4) is 17.2 Å². The quantitative estimate of drug-likeness (QED) is 0.688. The second-order valence-corrected chi connectivity index (χ2v) is 6.92. The van der Waals surface area contributed by atoms with Crippen molar-refractivity contribution >= 4 is 6.21 Å². The summed E-state index contributed by atoms with van der Waals surface area (Å²) in [5.74, 6) is 1.85. The average Bonchev–Trinajstić information content (AvgIpc) is 2.74. The molecule has 0 aliphatic carbocycles. The summed E-state index contributed by atoms with van der Waals surface area (Å²) in [6.45, 7) is 6.93. The second kappa shape index (κ2) is 9.46. The fraction of sp³-hybridized carbons (Fsp3) is 0.409. The molecule has 0 spiro atoms. The van der Waals surface area contributed by atoms with E-state index in [2.05, 4.69) is 46.2 Å². The van der Waals surface area contributed by atoms with Gasteiger partial charge in [-0.05, 0) is 24.6 Å². The fourth-order valence-electron chi connectivity index (χ4n) is 3.29. The van der Waals surface area contributed by atoms with E-state index in [9.17, 15) is 0 Å². The van der Waals surface area contributed by atoms with E-state index in [0.29, 0.717) is 17.2 Å². The molecule has 1 fully saturated rings.